The van der Waals surface area contributed by atoms with Gasteiger partial charge in [0, 0.05) is 16.5 Å². The Balaban J connectivity index is 1.34. The van der Waals surface area contributed by atoms with Gasteiger partial charge in [0.05, 0.1) is 12.7 Å². The largest absolute Gasteiger partial charge is 0.464 e. The molecule has 0 amide bonds. The van der Waals surface area contributed by atoms with Gasteiger partial charge >= 0.3 is 5.97 Å². The van der Waals surface area contributed by atoms with Crippen LogP contribution in [0, 0.1) is 0 Å². The van der Waals surface area contributed by atoms with Crippen LogP contribution >= 0.6 is 0 Å². The highest BCUT2D eigenvalue weighted by molar-refractivity contribution is 6.08. The molecule has 0 bridgehead atoms. The van der Waals surface area contributed by atoms with E-state index in [0.717, 1.165) is 32.9 Å². The van der Waals surface area contributed by atoms with E-state index in [0.29, 0.717) is 5.89 Å². The van der Waals surface area contributed by atoms with Crippen LogP contribution < -0.4 is 0 Å². The summed E-state index contributed by atoms with van der Waals surface area (Å²) in [6.07, 6.45) is 1.05. The third-order valence-corrected chi connectivity index (χ3v) is 4.99. The molecule has 0 N–H and O–H groups in total. The number of ether oxygens (including phenoxy) is 1. The minimum atomic E-state index is -0.655. The number of nitrogens with zero attached hydrogens (tertiary/aromatic N) is 2. The molecule has 5 aromatic rings. The number of rotatable bonds is 5. The van der Waals surface area contributed by atoms with Crippen LogP contribution in [0.3, 0.4) is 0 Å². The molecular formula is C24H18N2O4. The van der Waals surface area contributed by atoms with E-state index in [1.54, 1.807) is 13.2 Å². The Morgan fingerprint density at radius 1 is 1.00 bits per heavy atom. The first-order valence-corrected chi connectivity index (χ1v) is 9.65. The Kier molecular flexibility index (Phi) is 4.52. The molecule has 6 nitrogen and oxygen atoms in total. The third-order valence-electron chi connectivity index (χ3n) is 4.99. The molecule has 0 radical (unpaired) electrons. The molecule has 3 aromatic carbocycles. The predicted molar refractivity (Wildman–Crippen MR) is 112 cm³/mol. The average molecular weight is 398 g/mol. The van der Waals surface area contributed by atoms with Gasteiger partial charge < -0.3 is 13.6 Å². The van der Waals surface area contributed by atoms with Gasteiger partial charge in [0.1, 0.15) is 5.58 Å². The van der Waals surface area contributed by atoms with Gasteiger partial charge in [0.25, 0.3) is 5.89 Å². The maximum atomic E-state index is 12.6. The van der Waals surface area contributed by atoms with Crippen molar-refractivity contribution in [3.63, 3.8) is 0 Å². The van der Waals surface area contributed by atoms with Gasteiger partial charge in [-0.25, -0.2) is 0 Å². The summed E-state index contributed by atoms with van der Waals surface area (Å²) < 4.78 is 16.9. The van der Waals surface area contributed by atoms with Crippen molar-refractivity contribution in [3.8, 4) is 11.5 Å². The normalized spacial score (nSPS) is 12.3. The first kappa shape index (κ1) is 18.1. The molecule has 0 fully saturated rings. The van der Waals surface area contributed by atoms with Crippen molar-refractivity contribution in [1.82, 2.24) is 10.2 Å². The number of carbonyl (C=O) groups is 1. The van der Waals surface area contributed by atoms with E-state index in [-0.39, 0.29) is 12.3 Å². The number of aromatic nitrogens is 2. The van der Waals surface area contributed by atoms with Crippen LogP contribution in [0.2, 0.25) is 0 Å². The van der Waals surface area contributed by atoms with E-state index >= 15 is 0 Å². The molecule has 1 atom stereocenters. The van der Waals surface area contributed by atoms with Crippen molar-refractivity contribution >= 4 is 27.7 Å². The van der Waals surface area contributed by atoms with E-state index < -0.39 is 12.1 Å². The Morgan fingerprint density at radius 3 is 2.67 bits per heavy atom. The standard InChI is InChI=1S/C24H18N2O4/c1-15(23-25-26-24(30-23)17-8-3-2-4-9-17)29-21(27)13-18-14-28-20-12-11-16-7-5-6-10-19(16)22(18)20/h2-12,14-15H,13H2,1H3/t15-/m1/s1. The Hall–Kier alpha value is -3.93. The van der Waals surface area contributed by atoms with Crippen LogP contribution in [0.4, 0.5) is 0 Å². The minimum Gasteiger partial charge on any atom is -0.464 e. The molecule has 30 heavy (non-hydrogen) atoms. The third kappa shape index (κ3) is 3.33. The van der Waals surface area contributed by atoms with Gasteiger partial charge in [-0.3, -0.25) is 4.79 Å². The van der Waals surface area contributed by atoms with Crippen molar-refractivity contribution in [2.45, 2.75) is 19.4 Å². The highest BCUT2D eigenvalue weighted by Gasteiger charge is 2.21. The Bertz CT molecular complexity index is 1340. The van der Waals surface area contributed by atoms with Crippen molar-refractivity contribution in [1.29, 1.82) is 0 Å². The fourth-order valence-corrected chi connectivity index (χ4v) is 3.55. The molecule has 0 saturated heterocycles. The summed E-state index contributed by atoms with van der Waals surface area (Å²) in [4.78, 5) is 12.6. The zero-order valence-electron chi connectivity index (χ0n) is 16.2. The second-order valence-corrected chi connectivity index (χ2v) is 7.04. The number of fused-ring (bicyclic) bond motifs is 3. The zero-order chi connectivity index (χ0) is 20.5. The first-order valence-electron chi connectivity index (χ1n) is 9.65. The van der Waals surface area contributed by atoms with Crippen LogP contribution in [0.5, 0.6) is 0 Å². The van der Waals surface area contributed by atoms with E-state index in [2.05, 4.69) is 10.2 Å². The summed E-state index contributed by atoms with van der Waals surface area (Å²) in [5.41, 5.74) is 2.34. The SMILES string of the molecule is C[C@@H](OC(=O)Cc1coc2ccc3ccccc3c12)c1nnc(-c2ccccc2)o1. The summed E-state index contributed by atoms with van der Waals surface area (Å²) in [5.74, 6) is 0.253. The molecule has 6 heteroatoms. The number of benzene rings is 3. The lowest BCUT2D eigenvalue weighted by Gasteiger charge is -2.09. The quantitative estimate of drug-likeness (QED) is 0.365. The van der Waals surface area contributed by atoms with Crippen LogP contribution in [0.25, 0.3) is 33.2 Å². The van der Waals surface area contributed by atoms with E-state index in [1.165, 1.54) is 0 Å². The number of hydrogen-bond donors (Lipinski definition) is 0. The topological polar surface area (TPSA) is 78.4 Å². The minimum absolute atomic E-state index is 0.0883. The summed E-state index contributed by atoms with van der Waals surface area (Å²) in [5, 5.41) is 11.1. The Labute approximate surface area is 172 Å². The monoisotopic (exact) mass is 398 g/mol. The molecule has 148 valence electrons. The van der Waals surface area contributed by atoms with E-state index in [4.69, 9.17) is 13.6 Å². The first-order chi connectivity index (χ1) is 14.7. The molecule has 0 aliphatic carbocycles. The molecule has 2 aromatic heterocycles. The lowest BCUT2D eigenvalue weighted by atomic mass is 10.0. The second kappa shape index (κ2) is 7.48. The molecular weight excluding hydrogens is 380 g/mol. The average Bonchev–Trinajstić information content (AvgIpc) is 3.42. The maximum Gasteiger partial charge on any atom is 0.311 e. The fourth-order valence-electron chi connectivity index (χ4n) is 3.55. The predicted octanol–water partition coefficient (Wildman–Crippen LogP) is 5.48. The van der Waals surface area contributed by atoms with Gasteiger partial charge in [-0.2, -0.15) is 0 Å². The summed E-state index contributed by atoms with van der Waals surface area (Å²) in [7, 11) is 0. The van der Waals surface area contributed by atoms with Crippen LogP contribution in [-0.2, 0) is 16.0 Å². The van der Waals surface area contributed by atoms with Crippen molar-refractivity contribution in [3.05, 3.63) is 84.4 Å². The Morgan fingerprint density at radius 2 is 1.80 bits per heavy atom. The van der Waals surface area contributed by atoms with Gasteiger partial charge in [0.2, 0.25) is 5.89 Å². The molecule has 0 spiro atoms. The van der Waals surface area contributed by atoms with Gasteiger partial charge in [-0.05, 0) is 35.9 Å². The molecule has 0 aliphatic rings. The maximum absolute atomic E-state index is 12.6. The van der Waals surface area contributed by atoms with E-state index in [9.17, 15) is 4.79 Å². The number of carbonyl (C=O) groups excluding carboxylic acids is 1. The molecule has 2 heterocycles. The number of hydrogen-bond acceptors (Lipinski definition) is 6. The summed E-state index contributed by atoms with van der Waals surface area (Å²) >= 11 is 0. The fraction of sp³-hybridized carbons (Fsp3) is 0.125. The highest BCUT2D eigenvalue weighted by atomic mass is 16.6. The van der Waals surface area contributed by atoms with Crippen LogP contribution in [0.1, 0.15) is 24.5 Å². The smallest absolute Gasteiger partial charge is 0.311 e. The van der Waals surface area contributed by atoms with Gasteiger partial charge in [0.15, 0.2) is 6.10 Å². The van der Waals surface area contributed by atoms with E-state index in [1.807, 2.05) is 66.7 Å². The number of esters is 1. The summed E-state index contributed by atoms with van der Waals surface area (Å²) in [6, 6.07) is 21.4. The summed E-state index contributed by atoms with van der Waals surface area (Å²) in [6.45, 7) is 1.71. The molecule has 0 unspecified atom stereocenters. The molecule has 0 saturated carbocycles. The van der Waals surface area contributed by atoms with Crippen molar-refractivity contribution in [2.24, 2.45) is 0 Å². The van der Waals surface area contributed by atoms with Crippen LogP contribution in [0.15, 0.2) is 81.8 Å². The lowest BCUT2D eigenvalue weighted by molar-refractivity contribution is -0.148. The lowest BCUT2D eigenvalue weighted by Crippen LogP contribution is -2.11. The highest BCUT2D eigenvalue weighted by Crippen LogP contribution is 2.30. The molecule has 0 aliphatic heterocycles. The van der Waals surface area contributed by atoms with Gasteiger partial charge in [-0.15, -0.1) is 10.2 Å². The number of furan rings is 1. The zero-order valence-corrected chi connectivity index (χ0v) is 16.2. The van der Waals surface area contributed by atoms with Gasteiger partial charge in [-0.1, -0.05) is 48.5 Å². The van der Waals surface area contributed by atoms with Crippen LogP contribution in [-0.4, -0.2) is 16.2 Å². The second-order valence-electron chi connectivity index (χ2n) is 7.04. The van der Waals surface area contributed by atoms with Crippen molar-refractivity contribution < 1.29 is 18.4 Å². The van der Waals surface area contributed by atoms with Crippen molar-refractivity contribution in [2.75, 3.05) is 0 Å². The molecule has 5 rings (SSSR count).